The largest absolute Gasteiger partial charge is 0.421 e. The second kappa shape index (κ2) is 11.1. The molecule has 0 fully saturated rings. The smallest absolute Gasteiger partial charge is 0.322 e. The van der Waals surface area contributed by atoms with Gasteiger partial charge in [-0.15, -0.1) is 0 Å². The first-order valence-electron chi connectivity index (χ1n) is 11.9. The van der Waals surface area contributed by atoms with Crippen LogP contribution in [0.5, 0.6) is 11.8 Å². The summed E-state index contributed by atoms with van der Waals surface area (Å²) in [5, 5.41) is 9.64. The molecule has 40 heavy (non-hydrogen) atoms. The average molecular weight is 541 g/mol. The van der Waals surface area contributed by atoms with Crippen LogP contribution in [0, 0.1) is 18.6 Å². The Morgan fingerprint density at radius 2 is 1.85 bits per heavy atom. The van der Waals surface area contributed by atoms with Crippen molar-refractivity contribution in [1.82, 2.24) is 29.7 Å². The van der Waals surface area contributed by atoms with Gasteiger partial charge in [0.15, 0.2) is 11.6 Å². The minimum atomic E-state index is -0.686. The third-order valence-corrected chi connectivity index (χ3v) is 5.64. The molecule has 2 aromatic carbocycles. The SMILES string of the molecule is C=CC(=O)Nc1ccc(-c2nc(Nc3cnn(C)c3)ncc2-c2ccc(Oc3nccc(C)n3)c(F)c2)c(F)c1. The van der Waals surface area contributed by atoms with Crippen LogP contribution in [0.25, 0.3) is 22.4 Å². The first-order valence-corrected chi connectivity index (χ1v) is 11.9. The number of halogens is 2. The Kier molecular flexibility index (Phi) is 7.22. The number of benzene rings is 2. The summed E-state index contributed by atoms with van der Waals surface area (Å²) in [6, 6.07) is 10.1. The summed E-state index contributed by atoms with van der Waals surface area (Å²) in [6.07, 6.45) is 7.36. The van der Waals surface area contributed by atoms with Gasteiger partial charge in [0.2, 0.25) is 11.9 Å². The highest BCUT2D eigenvalue weighted by Crippen LogP contribution is 2.36. The van der Waals surface area contributed by atoms with E-state index in [1.54, 1.807) is 43.2 Å². The van der Waals surface area contributed by atoms with Crippen LogP contribution >= 0.6 is 0 Å². The highest BCUT2D eigenvalue weighted by atomic mass is 19.1. The van der Waals surface area contributed by atoms with Crippen molar-refractivity contribution in [3.8, 4) is 34.1 Å². The van der Waals surface area contributed by atoms with Gasteiger partial charge >= 0.3 is 6.01 Å². The van der Waals surface area contributed by atoms with Crippen LogP contribution in [0.3, 0.4) is 0 Å². The topological polar surface area (TPSA) is 120 Å². The van der Waals surface area contributed by atoms with Gasteiger partial charge in [-0.25, -0.2) is 28.7 Å². The molecule has 0 radical (unpaired) electrons. The lowest BCUT2D eigenvalue weighted by molar-refractivity contribution is -0.111. The van der Waals surface area contributed by atoms with Crippen molar-refractivity contribution < 1.29 is 18.3 Å². The van der Waals surface area contributed by atoms with E-state index < -0.39 is 17.5 Å². The van der Waals surface area contributed by atoms with E-state index in [0.29, 0.717) is 22.5 Å². The summed E-state index contributed by atoms with van der Waals surface area (Å²) >= 11 is 0. The molecule has 12 heteroatoms. The number of nitrogens with zero attached hydrogens (tertiary/aromatic N) is 6. The van der Waals surface area contributed by atoms with Crippen molar-refractivity contribution in [3.05, 3.63) is 97.2 Å². The second-order valence-electron chi connectivity index (χ2n) is 8.60. The molecular formula is C28H22F2N8O2. The number of hydrogen-bond acceptors (Lipinski definition) is 8. The number of aryl methyl sites for hydroxylation is 2. The summed E-state index contributed by atoms with van der Waals surface area (Å²) in [7, 11) is 1.76. The molecule has 2 N–H and O–H groups in total. The molecule has 0 saturated heterocycles. The van der Waals surface area contributed by atoms with Crippen molar-refractivity contribution in [2.24, 2.45) is 7.05 Å². The first-order chi connectivity index (χ1) is 19.3. The average Bonchev–Trinajstić information content (AvgIpc) is 3.34. The molecular weight excluding hydrogens is 518 g/mol. The van der Waals surface area contributed by atoms with Gasteiger partial charge in [0.25, 0.3) is 0 Å². The zero-order valence-electron chi connectivity index (χ0n) is 21.4. The number of hydrogen-bond donors (Lipinski definition) is 2. The summed E-state index contributed by atoms with van der Waals surface area (Å²) in [5.74, 6) is -1.74. The number of rotatable bonds is 8. The van der Waals surface area contributed by atoms with Crippen LogP contribution in [-0.4, -0.2) is 35.6 Å². The van der Waals surface area contributed by atoms with Gasteiger partial charge in [-0.3, -0.25) is 9.48 Å². The van der Waals surface area contributed by atoms with Crippen molar-refractivity contribution in [2.75, 3.05) is 10.6 Å². The van der Waals surface area contributed by atoms with Crippen LogP contribution in [0.2, 0.25) is 0 Å². The van der Waals surface area contributed by atoms with Gasteiger partial charge in [0.05, 0.1) is 17.6 Å². The van der Waals surface area contributed by atoms with E-state index in [4.69, 9.17) is 4.74 Å². The number of nitrogens with one attached hydrogen (secondary N) is 2. The van der Waals surface area contributed by atoms with Crippen molar-refractivity contribution in [3.63, 3.8) is 0 Å². The predicted octanol–water partition coefficient (Wildman–Crippen LogP) is 5.58. The Morgan fingerprint density at radius 1 is 1.00 bits per heavy atom. The van der Waals surface area contributed by atoms with E-state index >= 15 is 8.78 Å². The maximum absolute atomic E-state index is 15.4. The summed E-state index contributed by atoms with van der Waals surface area (Å²) in [6.45, 7) is 5.16. The van der Waals surface area contributed by atoms with Crippen LogP contribution in [-0.2, 0) is 11.8 Å². The van der Waals surface area contributed by atoms with Crippen LogP contribution in [0.15, 0.2) is 79.9 Å². The lowest BCUT2D eigenvalue weighted by Crippen LogP contribution is -2.07. The Labute approximate surface area is 227 Å². The van der Waals surface area contributed by atoms with E-state index in [9.17, 15) is 4.79 Å². The normalized spacial score (nSPS) is 10.7. The molecule has 5 aromatic rings. The Morgan fingerprint density at radius 3 is 2.55 bits per heavy atom. The number of ether oxygens (including phenoxy) is 1. The highest BCUT2D eigenvalue weighted by Gasteiger charge is 2.18. The lowest BCUT2D eigenvalue weighted by atomic mass is 10.00. The number of carbonyl (C=O) groups excluding carboxylic acids is 1. The zero-order chi connectivity index (χ0) is 28.2. The van der Waals surface area contributed by atoms with Gasteiger partial charge in [-0.1, -0.05) is 12.6 Å². The minimum Gasteiger partial charge on any atom is -0.421 e. The van der Waals surface area contributed by atoms with Crippen molar-refractivity contribution >= 4 is 23.2 Å². The Bertz CT molecular complexity index is 1740. The number of carbonyl (C=O) groups is 1. The fourth-order valence-corrected chi connectivity index (χ4v) is 3.78. The van der Waals surface area contributed by atoms with Gasteiger partial charge in [-0.05, 0) is 55.0 Å². The van der Waals surface area contributed by atoms with E-state index in [2.05, 4.69) is 42.2 Å². The summed E-state index contributed by atoms with van der Waals surface area (Å²) < 4.78 is 37.6. The minimum absolute atomic E-state index is 0.00667. The molecule has 1 amide bonds. The molecule has 0 aliphatic rings. The number of anilines is 3. The molecule has 0 bridgehead atoms. The van der Waals surface area contributed by atoms with E-state index in [-0.39, 0.29) is 34.7 Å². The summed E-state index contributed by atoms with van der Waals surface area (Å²) in [5.41, 5.74) is 2.56. The third kappa shape index (κ3) is 5.80. The molecule has 3 aromatic heterocycles. The molecule has 200 valence electrons. The molecule has 5 rings (SSSR count). The van der Waals surface area contributed by atoms with E-state index in [1.165, 1.54) is 36.7 Å². The van der Waals surface area contributed by atoms with Crippen molar-refractivity contribution in [1.29, 1.82) is 0 Å². The monoisotopic (exact) mass is 540 g/mol. The molecule has 0 saturated carbocycles. The van der Waals surface area contributed by atoms with Gasteiger partial charge in [0, 0.05) is 48.1 Å². The number of amides is 1. The van der Waals surface area contributed by atoms with Gasteiger partial charge < -0.3 is 15.4 Å². The van der Waals surface area contributed by atoms with Gasteiger partial charge in [0.1, 0.15) is 5.82 Å². The maximum Gasteiger partial charge on any atom is 0.322 e. The standard InChI is InChI=1S/C28H22F2N8O2/c1-4-25(39)35-18-6-7-20(22(29)12-18)26-21(14-32-27(37-26)36-19-13-33-38(3)15-19)17-5-8-24(23(30)11-17)40-28-31-10-9-16(2)34-28/h4-15H,1H2,2-3H3,(H,35,39)(H,32,36,37). The zero-order valence-corrected chi connectivity index (χ0v) is 21.4. The molecule has 0 spiro atoms. The number of aromatic nitrogens is 6. The molecule has 0 unspecified atom stereocenters. The third-order valence-electron chi connectivity index (χ3n) is 5.64. The maximum atomic E-state index is 15.4. The molecule has 3 heterocycles. The predicted molar refractivity (Wildman–Crippen MR) is 145 cm³/mol. The lowest BCUT2D eigenvalue weighted by Gasteiger charge is -2.14. The quantitative estimate of drug-likeness (QED) is 0.245. The Hall–Kier alpha value is -5.52. The molecule has 10 nitrogen and oxygen atoms in total. The van der Waals surface area contributed by atoms with E-state index in [0.717, 1.165) is 12.1 Å². The molecule has 0 aliphatic heterocycles. The Balaban J connectivity index is 1.55. The fraction of sp³-hybridized carbons (Fsp3) is 0.0714. The summed E-state index contributed by atoms with van der Waals surface area (Å²) in [4.78, 5) is 28.7. The van der Waals surface area contributed by atoms with Gasteiger partial charge in [-0.2, -0.15) is 5.10 Å². The van der Waals surface area contributed by atoms with Crippen LogP contribution in [0.4, 0.5) is 26.1 Å². The fourth-order valence-electron chi connectivity index (χ4n) is 3.78. The highest BCUT2D eigenvalue weighted by molar-refractivity contribution is 5.99. The van der Waals surface area contributed by atoms with Crippen LogP contribution in [0.1, 0.15) is 5.69 Å². The first kappa shape index (κ1) is 26.1. The molecule has 0 aliphatic carbocycles. The van der Waals surface area contributed by atoms with Crippen LogP contribution < -0.4 is 15.4 Å². The molecule has 0 atom stereocenters. The van der Waals surface area contributed by atoms with Crippen molar-refractivity contribution in [2.45, 2.75) is 6.92 Å². The van der Waals surface area contributed by atoms with E-state index in [1.807, 2.05) is 0 Å². The second-order valence-corrected chi connectivity index (χ2v) is 8.60.